The Morgan fingerprint density at radius 1 is 1.11 bits per heavy atom. The van der Waals surface area contributed by atoms with E-state index in [0.717, 1.165) is 17.0 Å². The number of nitrogens with zero attached hydrogens (tertiary/aromatic N) is 3. The van der Waals surface area contributed by atoms with E-state index in [-0.39, 0.29) is 5.82 Å². The molecule has 0 atom stereocenters. The van der Waals surface area contributed by atoms with Crippen molar-refractivity contribution in [1.82, 2.24) is 9.97 Å². The summed E-state index contributed by atoms with van der Waals surface area (Å²) in [6.07, 6.45) is 1.58. The maximum Gasteiger partial charge on any atom is 0.243 e. The third kappa shape index (κ3) is 3.35. The molecule has 0 unspecified atom stereocenters. The molecule has 1 aromatic carbocycles. The van der Waals surface area contributed by atoms with Crippen LogP contribution in [0.3, 0.4) is 0 Å². The van der Waals surface area contributed by atoms with Crippen LogP contribution >= 0.6 is 0 Å². The lowest BCUT2D eigenvalue weighted by Crippen LogP contribution is -1.99. The average molecular weight is 244 g/mol. The summed E-state index contributed by atoms with van der Waals surface area (Å²) in [5.41, 5.74) is 5.30. The summed E-state index contributed by atoms with van der Waals surface area (Å²) >= 11 is 0. The Kier molecular flexibility index (Phi) is 3.62. The number of hydrogen-bond acceptors (Lipinski definition) is 4. The van der Waals surface area contributed by atoms with Crippen LogP contribution in [0.15, 0.2) is 35.4 Å². The van der Waals surface area contributed by atoms with Crippen molar-refractivity contribution in [3.05, 3.63) is 53.1 Å². The lowest BCUT2D eigenvalue weighted by Gasteiger charge is -2.01. The first-order valence-corrected chi connectivity index (χ1v) is 5.50. The van der Waals surface area contributed by atoms with Crippen molar-refractivity contribution in [1.29, 1.82) is 0 Å². The fourth-order valence-electron chi connectivity index (χ4n) is 1.49. The number of halogens is 1. The molecule has 0 aliphatic carbocycles. The van der Waals surface area contributed by atoms with Crippen LogP contribution < -0.4 is 5.43 Å². The first-order chi connectivity index (χ1) is 8.63. The number of hydrazone groups is 1. The number of nitrogens with one attached hydrogen (secondary N) is 1. The van der Waals surface area contributed by atoms with Gasteiger partial charge in [-0.25, -0.2) is 19.8 Å². The van der Waals surface area contributed by atoms with Gasteiger partial charge in [0.2, 0.25) is 5.95 Å². The fourth-order valence-corrected chi connectivity index (χ4v) is 1.49. The van der Waals surface area contributed by atoms with Crippen LogP contribution in [0.25, 0.3) is 0 Å². The van der Waals surface area contributed by atoms with Gasteiger partial charge in [0.1, 0.15) is 5.82 Å². The van der Waals surface area contributed by atoms with E-state index in [0.29, 0.717) is 5.95 Å². The highest BCUT2D eigenvalue weighted by Gasteiger charge is 1.96. The highest BCUT2D eigenvalue weighted by Crippen LogP contribution is 2.04. The number of benzene rings is 1. The predicted octanol–water partition coefficient (Wildman–Crippen LogP) is 2.68. The smallest absolute Gasteiger partial charge is 0.243 e. The number of aryl methyl sites for hydroxylation is 2. The van der Waals surface area contributed by atoms with Crippen LogP contribution in [0.5, 0.6) is 0 Å². The Labute approximate surface area is 105 Å². The van der Waals surface area contributed by atoms with Crippen LogP contribution in [0, 0.1) is 19.7 Å². The Hall–Kier alpha value is -2.30. The van der Waals surface area contributed by atoms with Gasteiger partial charge in [0.05, 0.1) is 6.21 Å². The van der Waals surface area contributed by atoms with Crippen LogP contribution in [0.4, 0.5) is 10.3 Å². The van der Waals surface area contributed by atoms with E-state index < -0.39 is 0 Å². The van der Waals surface area contributed by atoms with Gasteiger partial charge in [-0.15, -0.1) is 0 Å². The molecule has 1 N–H and O–H groups in total. The molecule has 0 amide bonds. The molecule has 5 heteroatoms. The van der Waals surface area contributed by atoms with Gasteiger partial charge >= 0.3 is 0 Å². The zero-order chi connectivity index (χ0) is 13.0. The van der Waals surface area contributed by atoms with Gasteiger partial charge in [0.15, 0.2) is 0 Å². The first kappa shape index (κ1) is 12.2. The van der Waals surface area contributed by atoms with Crippen molar-refractivity contribution >= 4 is 12.2 Å². The van der Waals surface area contributed by atoms with Crippen molar-refractivity contribution in [3.8, 4) is 0 Å². The molecular weight excluding hydrogens is 231 g/mol. The second-order valence-corrected chi connectivity index (χ2v) is 3.90. The third-order valence-electron chi connectivity index (χ3n) is 2.23. The summed E-state index contributed by atoms with van der Waals surface area (Å²) in [4.78, 5) is 8.37. The third-order valence-corrected chi connectivity index (χ3v) is 2.23. The predicted molar refractivity (Wildman–Crippen MR) is 69.1 cm³/mol. The van der Waals surface area contributed by atoms with Crippen molar-refractivity contribution < 1.29 is 4.39 Å². The van der Waals surface area contributed by atoms with Crippen molar-refractivity contribution in [2.75, 3.05) is 5.43 Å². The van der Waals surface area contributed by atoms with Crippen molar-refractivity contribution in [2.45, 2.75) is 13.8 Å². The molecule has 2 rings (SSSR count). The Morgan fingerprint density at radius 2 is 1.72 bits per heavy atom. The van der Waals surface area contributed by atoms with Crippen LogP contribution in [0.2, 0.25) is 0 Å². The van der Waals surface area contributed by atoms with Gasteiger partial charge in [-0.2, -0.15) is 5.10 Å². The summed E-state index contributed by atoms with van der Waals surface area (Å²) in [7, 11) is 0. The van der Waals surface area contributed by atoms with Crippen LogP contribution in [-0.2, 0) is 0 Å². The Morgan fingerprint density at radius 3 is 2.33 bits per heavy atom. The van der Waals surface area contributed by atoms with E-state index in [9.17, 15) is 4.39 Å². The summed E-state index contributed by atoms with van der Waals surface area (Å²) in [5.74, 6) is 0.184. The molecule has 1 aromatic heterocycles. The van der Waals surface area contributed by atoms with Gasteiger partial charge in [0.25, 0.3) is 0 Å². The van der Waals surface area contributed by atoms with E-state index in [1.165, 1.54) is 12.1 Å². The molecule has 0 saturated carbocycles. The van der Waals surface area contributed by atoms with E-state index in [4.69, 9.17) is 0 Å². The Bertz CT molecular complexity index is 543. The topological polar surface area (TPSA) is 50.2 Å². The average Bonchev–Trinajstić information content (AvgIpc) is 2.30. The van der Waals surface area contributed by atoms with E-state index >= 15 is 0 Å². The minimum Gasteiger partial charge on any atom is -0.245 e. The molecule has 1 heterocycles. The molecule has 0 aliphatic heterocycles. The number of rotatable bonds is 3. The number of aromatic nitrogens is 2. The highest BCUT2D eigenvalue weighted by atomic mass is 19.1. The fraction of sp³-hybridized carbons (Fsp3) is 0.154. The molecule has 2 aromatic rings. The molecule has 92 valence electrons. The van der Waals surface area contributed by atoms with E-state index in [1.807, 2.05) is 19.9 Å². The molecule has 0 aliphatic rings. The minimum atomic E-state index is -0.266. The van der Waals surface area contributed by atoms with E-state index in [1.54, 1.807) is 18.3 Å². The van der Waals surface area contributed by atoms with Crippen LogP contribution in [0.1, 0.15) is 17.0 Å². The van der Waals surface area contributed by atoms with Crippen molar-refractivity contribution in [3.63, 3.8) is 0 Å². The first-order valence-electron chi connectivity index (χ1n) is 5.50. The van der Waals surface area contributed by atoms with E-state index in [2.05, 4.69) is 20.5 Å². The lowest BCUT2D eigenvalue weighted by atomic mass is 10.2. The summed E-state index contributed by atoms with van der Waals surface area (Å²) in [6, 6.07) is 7.93. The molecule has 0 spiro atoms. The van der Waals surface area contributed by atoms with Gasteiger partial charge in [0, 0.05) is 11.4 Å². The SMILES string of the molecule is Cc1cc(C)nc(NN=Cc2ccc(F)cc2)n1. The quantitative estimate of drug-likeness (QED) is 0.667. The Balaban J connectivity index is 2.04. The summed E-state index contributed by atoms with van der Waals surface area (Å²) < 4.78 is 12.7. The molecule has 0 radical (unpaired) electrons. The maximum absolute atomic E-state index is 12.7. The molecule has 18 heavy (non-hydrogen) atoms. The monoisotopic (exact) mass is 244 g/mol. The highest BCUT2D eigenvalue weighted by molar-refractivity contribution is 5.79. The minimum absolute atomic E-state index is 0.266. The second kappa shape index (κ2) is 5.35. The second-order valence-electron chi connectivity index (χ2n) is 3.90. The molecule has 0 fully saturated rings. The van der Waals surface area contributed by atoms with Crippen molar-refractivity contribution in [2.24, 2.45) is 5.10 Å². The molecule has 0 saturated heterocycles. The van der Waals surface area contributed by atoms with Gasteiger partial charge < -0.3 is 0 Å². The largest absolute Gasteiger partial charge is 0.245 e. The molecule has 0 bridgehead atoms. The maximum atomic E-state index is 12.7. The normalized spacial score (nSPS) is 10.8. The zero-order valence-corrected chi connectivity index (χ0v) is 10.2. The number of hydrogen-bond donors (Lipinski definition) is 1. The molecule has 4 nitrogen and oxygen atoms in total. The van der Waals surface area contributed by atoms with Gasteiger partial charge in [-0.1, -0.05) is 12.1 Å². The standard InChI is InChI=1S/C13H13FN4/c1-9-7-10(2)17-13(16-9)18-15-8-11-3-5-12(14)6-4-11/h3-8H,1-2H3,(H,16,17,18). The summed E-state index contributed by atoms with van der Waals surface area (Å²) in [5, 5.41) is 4.00. The van der Waals surface area contributed by atoms with Gasteiger partial charge in [-0.3, -0.25) is 0 Å². The molecular formula is C13H13FN4. The van der Waals surface area contributed by atoms with Crippen LogP contribution in [-0.4, -0.2) is 16.2 Å². The number of anilines is 1. The summed E-state index contributed by atoms with van der Waals surface area (Å²) in [6.45, 7) is 3.78. The zero-order valence-electron chi connectivity index (χ0n) is 10.2. The lowest BCUT2D eigenvalue weighted by molar-refractivity contribution is 0.628. The van der Waals surface area contributed by atoms with Gasteiger partial charge in [-0.05, 0) is 37.6 Å².